The van der Waals surface area contributed by atoms with E-state index in [-0.39, 0.29) is 11.8 Å². The summed E-state index contributed by atoms with van der Waals surface area (Å²) in [5.74, 6) is -0.201. The zero-order chi connectivity index (χ0) is 18.4. The molecular formula is C18H20F3N3O. The Kier molecular flexibility index (Phi) is 4.34. The molecule has 0 saturated heterocycles. The number of carbonyl (C=O) groups excluding carboxylic acids is 1. The van der Waals surface area contributed by atoms with E-state index < -0.39 is 17.8 Å². The summed E-state index contributed by atoms with van der Waals surface area (Å²) < 4.78 is 39.2. The molecule has 1 unspecified atom stereocenters. The van der Waals surface area contributed by atoms with Gasteiger partial charge in [0.2, 0.25) is 0 Å². The number of amides is 1. The molecule has 1 N–H and O–H groups in total. The third-order valence-electron chi connectivity index (χ3n) is 4.50. The van der Waals surface area contributed by atoms with Crippen LogP contribution in [0.15, 0.2) is 40.5 Å². The third-order valence-corrected chi connectivity index (χ3v) is 4.50. The third kappa shape index (κ3) is 3.15. The van der Waals surface area contributed by atoms with E-state index in [1.54, 1.807) is 6.07 Å². The minimum absolute atomic E-state index is 0.0671. The van der Waals surface area contributed by atoms with Crippen LogP contribution in [0.25, 0.3) is 0 Å². The van der Waals surface area contributed by atoms with E-state index in [1.807, 2.05) is 25.8 Å². The van der Waals surface area contributed by atoms with E-state index in [0.29, 0.717) is 29.9 Å². The summed E-state index contributed by atoms with van der Waals surface area (Å²) >= 11 is 0. The molecule has 25 heavy (non-hydrogen) atoms. The second-order valence-corrected chi connectivity index (χ2v) is 6.64. The van der Waals surface area contributed by atoms with Gasteiger partial charge >= 0.3 is 6.18 Å². The lowest BCUT2D eigenvalue weighted by atomic mass is 9.90. The maximum absolute atomic E-state index is 13.1. The number of alkyl halides is 3. The quantitative estimate of drug-likeness (QED) is 0.890. The predicted molar refractivity (Wildman–Crippen MR) is 89.1 cm³/mol. The fourth-order valence-electron chi connectivity index (χ4n) is 3.33. The van der Waals surface area contributed by atoms with Crippen LogP contribution in [0.4, 0.5) is 13.2 Å². The van der Waals surface area contributed by atoms with Gasteiger partial charge < -0.3 is 10.2 Å². The van der Waals surface area contributed by atoms with Crippen LogP contribution >= 0.6 is 0 Å². The molecule has 1 amide bonds. The molecule has 0 aliphatic carbocycles. The molecule has 0 spiro atoms. The van der Waals surface area contributed by atoms with Crippen LogP contribution in [0.5, 0.6) is 0 Å². The standard InChI is InChI=1S/C18H20F3N3O/c1-10(2)14-13-15(11-5-4-6-12(9-11)18(19,20)21)23-17(25)16(13)24(3)8-7-22-14/h4-6,9-10,15H,7-8H2,1-3H3,(H,23,25). The van der Waals surface area contributed by atoms with Crippen molar-refractivity contribution in [3.63, 3.8) is 0 Å². The van der Waals surface area contributed by atoms with Crippen molar-refractivity contribution in [2.75, 3.05) is 20.1 Å². The second-order valence-electron chi connectivity index (χ2n) is 6.64. The molecule has 0 bridgehead atoms. The van der Waals surface area contributed by atoms with E-state index in [2.05, 4.69) is 10.3 Å². The number of carbonyl (C=O) groups is 1. The maximum Gasteiger partial charge on any atom is 0.416 e. The number of nitrogens with zero attached hydrogens (tertiary/aromatic N) is 2. The van der Waals surface area contributed by atoms with Gasteiger partial charge in [-0.3, -0.25) is 9.79 Å². The first kappa shape index (κ1) is 17.5. The van der Waals surface area contributed by atoms with E-state index in [9.17, 15) is 18.0 Å². The Hall–Kier alpha value is -2.31. The highest BCUT2D eigenvalue weighted by Gasteiger charge is 2.40. The van der Waals surface area contributed by atoms with Gasteiger partial charge in [-0.1, -0.05) is 26.0 Å². The molecule has 1 atom stereocenters. The first-order valence-electron chi connectivity index (χ1n) is 8.18. The van der Waals surface area contributed by atoms with Crippen LogP contribution < -0.4 is 5.32 Å². The van der Waals surface area contributed by atoms with Crippen molar-refractivity contribution in [1.82, 2.24) is 10.2 Å². The summed E-state index contributed by atoms with van der Waals surface area (Å²) in [5, 5.41) is 2.83. The number of aliphatic imine (C=N–C) groups is 1. The van der Waals surface area contributed by atoms with Gasteiger partial charge in [0.05, 0.1) is 18.2 Å². The van der Waals surface area contributed by atoms with Crippen molar-refractivity contribution in [1.29, 1.82) is 0 Å². The Labute approximate surface area is 144 Å². The van der Waals surface area contributed by atoms with Crippen LogP contribution in [0, 0.1) is 5.92 Å². The highest BCUT2D eigenvalue weighted by Crippen LogP contribution is 2.37. The van der Waals surface area contributed by atoms with Gasteiger partial charge in [0.1, 0.15) is 5.70 Å². The summed E-state index contributed by atoms with van der Waals surface area (Å²) in [5.41, 5.74) is 1.67. The number of benzene rings is 1. The minimum atomic E-state index is -4.43. The summed E-state index contributed by atoms with van der Waals surface area (Å²) in [7, 11) is 1.81. The summed E-state index contributed by atoms with van der Waals surface area (Å²) in [6.07, 6.45) is -4.43. The SMILES string of the molecule is CC(C)C1=NCCN(C)C2=C1C(c1cccc(C(F)(F)F)c1)NC2=O. The van der Waals surface area contributed by atoms with Crippen molar-refractivity contribution in [3.8, 4) is 0 Å². The van der Waals surface area contributed by atoms with Gasteiger partial charge in [0, 0.05) is 24.9 Å². The molecule has 4 nitrogen and oxygen atoms in total. The fraction of sp³-hybridized carbons (Fsp3) is 0.444. The van der Waals surface area contributed by atoms with Crippen LogP contribution in [0.2, 0.25) is 0 Å². The molecule has 2 heterocycles. The smallest absolute Gasteiger partial charge is 0.368 e. The lowest BCUT2D eigenvalue weighted by molar-refractivity contribution is -0.137. The lowest BCUT2D eigenvalue weighted by Gasteiger charge is -2.21. The molecule has 3 rings (SSSR count). The summed E-state index contributed by atoms with van der Waals surface area (Å²) in [4.78, 5) is 18.9. The number of hydrogen-bond donors (Lipinski definition) is 1. The monoisotopic (exact) mass is 351 g/mol. The van der Waals surface area contributed by atoms with E-state index in [0.717, 1.165) is 17.8 Å². The van der Waals surface area contributed by atoms with Gasteiger partial charge in [-0.25, -0.2) is 0 Å². The first-order chi connectivity index (χ1) is 11.7. The zero-order valence-electron chi connectivity index (χ0n) is 14.3. The van der Waals surface area contributed by atoms with Crippen LogP contribution in [0.1, 0.15) is 31.0 Å². The van der Waals surface area contributed by atoms with Gasteiger partial charge in [-0.15, -0.1) is 0 Å². The minimum Gasteiger partial charge on any atom is -0.368 e. The Bertz CT molecular complexity index is 765. The normalized spacial score (nSPS) is 21.2. The lowest BCUT2D eigenvalue weighted by Crippen LogP contribution is -2.29. The first-order valence-corrected chi connectivity index (χ1v) is 8.18. The van der Waals surface area contributed by atoms with Gasteiger partial charge in [0.25, 0.3) is 5.91 Å². The van der Waals surface area contributed by atoms with Crippen molar-refractivity contribution in [2.45, 2.75) is 26.1 Å². The van der Waals surface area contributed by atoms with Crippen LogP contribution in [0.3, 0.4) is 0 Å². The number of nitrogens with one attached hydrogen (secondary N) is 1. The van der Waals surface area contributed by atoms with E-state index in [4.69, 9.17) is 0 Å². The van der Waals surface area contributed by atoms with E-state index in [1.165, 1.54) is 6.07 Å². The average molecular weight is 351 g/mol. The number of rotatable bonds is 2. The molecule has 134 valence electrons. The van der Waals surface area contributed by atoms with Crippen LogP contribution in [-0.4, -0.2) is 36.7 Å². The number of halogens is 3. The highest BCUT2D eigenvalue weighted by atomic mass is 19.4. The number of likely N-dealkylation sites (N-methyl/N-ethyl adjacent to an activating group) is 1. The topological polar surface area (TPSA) is 44.7 Å². The van der Waals surface area contributed by atoms with Gasteiger partial charge in [0.15, 0.2) is 0 Å². The van der Waals surface area contributed by atoms with Crippen molar-refractivity contribution >= 4 is 11.6 Å². The molecule has 2 aliphatic rings. The molecule has 2 aliphatic heterocycles. The molecule has 1 aromatic rings. The zero-order valence-corrected chi connectivity index (χ0v) is 14.3. The van der Waals surface area contributed by atoms with Gasteiger partial charge in [-0.2, -0.15) is 13.2 Å². The van der Waals surface area contributed by atoms with Crippen molar-refractivity contribution in [2.24, 2.45) is 10.9 Å². The highest BCUT2D eigenvalue weighted by molar-refractivity contribution is 6.13. The second kappa shape index (κ2) is 6.20. The van der Waals surface area contributed by atoms with Crippen molar-refractivity contribution < 1.29 is 18.0 Å². The van der Waals surface area contributed by atoms with E-state index >= 15 is 0 Å². The van der Waals surface area contributed by atoms with Gasteiger partial charge in [-0.05, 0) is 23.6 Å². The summed E-state index contributed by atoms with van der Waals surface area (Å²) in [6, 6.07) is 4.50. The Morgan fingerprint density at radius 2 is 2.04 bits per heavy atom. The molecule has 0 fully saturated rings. The maximum atomic E-state index is 13.1. The molecule has 1 aromatic carbocycles. The molecular weight excluding hydrogens is 331 g/mol. The Morgan fingerprint density at radius 1 is 1.32 bits per heavy atom. The Balaban J connectivity index is 2.13. The van der Waals surface area contributed by atoms with Crippen LogP contribution in [-0.2, 0) is 11.0 Å². The predicted octanol–water partition coefficient (Wildman–Crippen LogP) is 3.17. The summed E-state index contributed by atoms with van der Waals surface area (Å²) in [6.45, 7) is 5.10. The molecule has 0 radical (unpaired) electrons. The fourth-order valence-corrected chi connectivity index (χ4v) is 3.33. The average Bonchev–Trinajstić information content (AvgIpc) is 2.76. The van der Waals surface area contributed by atoms with Crippen molar-refractivity contribution in [3.05, 3.63) is 46.7 Å². The number of hydrogen-bond acceptors (Lipinski definition) is 3. The molecule has 7 heteroatoms. The molecule has 0 saturated carbocycles. The Morgan fingerprint density at radius 3 is 2.68 bits per heavy atom. The largest absolute Gasteiger partial charge is 0.416 e. The molecule has 0 aromatic heterocycles.